The summed E-state index contributed by atoms with van der Waals surface area (Å²) >= 11 is 0. The highest BCUT2D eigenvalue weighted by molar-refractivity contribution is 6.59. The van der Waals surface area contributed by atoms with E-state index in [9.17, 15) is 19.9 Å². The van der Waals surface area contributed by atoms with Crippen molar-refractivity contribution < 1.29 is 29.3 Å². The highest BCUT2D eigenvalue weighted by Crippen LogP contribution is 2.43. The number of hydrogen-bond donors (Lipinski definition) is 4. The van der Waals surface area contributed by atoms with Gasteiger partial charge in [-0.25, -0.2) is 9.78 Å². The lowest BCUT2D eigenvalue weighted by Crippen LogP contribution is -2.53. The average Bonchev–Trinajstić information content (AvgIpc) is 3.04. The molecule has 1 saturated heterocycles. The average molecular weight is 375 g/mol. The first-order valence-corrected chi connectivity index (χ1v) is 8.75. The van der Waals surface area contributed by atoms with Gasteiger partial charge >= 0.3 is 12.7 Å². The number of carbonyl (C=O) groups is 1. The fraction of sp³-hybridized carbons (Fsp3) is 0.438. The fourth-order valence-electron chi connectivity index (χ4n) is 3.64. The van der Waals surface area contributed by atoms with Gasteiger partial charge in [-0.2, -0.15) is 5.10 Å². The smallest absolute Gasteiger partial charge is 0.431 e. The van der Waals surface area contributed by atoms with Crippen molar-refractivity contribution in [3.8, 4) is 11.5 Å². The van der Waals surface area contributed by atoms with Crippen LogP contribution in [0.2, 0.25) is 6.32 Å². The van der Waals surface area contributed by atoms with Crippen molar-refractivity contribution in [2.75, 3.05) is 13.1 Å². The second-order valence-electron chi connectivity index (χ2n) is 7.12. The standard InChI is InChI=1S/C16H20BN4O6/c1-9-4-17(24,25)27-15-11(9)2-3-12(14(15)16(22)23)26-10-5-21(6-10)7-13-18-8-19-20-13/h2-3,8-10,24-25H,4-7H2,1H3,(H,22,23)(H,18,19,20)/q-1/t9-/m0/s1. The first kappa shape index (κ1) is 17.8. The van der Waals surface area contributed by atoms with Gasteiger partial charge in [0.2, 0.25) is 0 Å². The number of nitrogens with zero attached hydrogens (tertiary/aromatic N) is 3. The quantitative estimate of drug-likeness (QED) is 0.539. The molecule has 0 amide bonds. The van der Waals surface area contributed by atoms with Gasteiger partial charge in [0.05, 0.1) is 12.3 Å². The third-order valence-electron chi connectivity index (χ3n) is 4.91. The number of aromatic nitrogens is 3. The van der Waals surface area contributed by atoms with Crippen molar-refractivity contribution in [1.29, 1.82) is 0 Å². The van der Waals surface area contributed by atoms with E-state index in [1.165, 1.54) is 6.33 Å². The van der Waals surface area contributed by atoms with E-state index in [1.807, 2.05) is 0 Å². The maximum absolute atomic E-state index is 11.8. The van der Waals surface area contributed by atoms with E-state index in [0.29, 0.717) is 31.0 Å². The maximum atomic E-state index is 11.8. The number of rotatable bonds is 5. The molecule has 4 rings (SSSR count). The lowest BCUT2D eigenvalue weighted by Gasteiger charge is -2.41. The van der Waals surface area contributed by atoms with Gasteiger partial charge in [-0.1, -0.05) is 19.3 Å². The molecule has 144 valence electrons. The van der Waals surface area contributed by atoms with E-state index in [4.69, 9.17) is 9.39 Å². The predicted molar refractivity (Wildman–Crippen MR) is 93.5 cm³/mol. The molecule has 27 heavy (non-hydrogen) atoms. The minimum atomic E-state index is -3.09. The molecule has 1 atom stereocenters. The molecule has 10 nitrogen and oxygen atoms in total. The van der Waals surface area contributed by atoms with E-state index in [0.717, 1.165) is 0 Å². The van der Waals surface area contributed by atoms with Crippen molar-refractivity contribution >= 4 is 12.7 Å². The Morgan fingerprint density at radius 1 is 1.44 bits per heavy atom. The topological polar surface area (TPSA) is 141 Å². The van der Waals surface area contributed by atoms with Crippen LogP contribution in [0.5, 0.6) is 11.5 Å². The monoisotopic (exact) mass is 375 g/mol. The van der Waals surface area contributed by atoms with Gasteiger partial charge in [-0.05, 0) is 17.5 Å². The zero-order valence-electron chi connectivity index (χ0n) is 14.7. The van der Waals surface area contributed by atoms with Crippen LogP contribution in [-0.4, -0.2) is 67.2 Å². The second-order valence-corrected chi connectivity index (χ2v) is 7.12. The summed E-state index contributed by atoms with van der Waals surface area (Å²) in [5.74, 6) is -0.665. The molecule has 3 heterocycles. The molecule has 2 aliphatic rings. The number of carboxylic acid groups (broad SMARTS) is 1. The third-order valence-corrected chi connectivity index (χ3v) is 4.91. The summed E-state index contributed by atoms with van der Waals surface area (Å²) in [6.45, 7) is 0.501. The Morgan fingerprint density at radius 2 is 2.22 bits per heavy atom. The van der Waals surface area contributed by atoms with Crippen molar-refractivity contribution in [1.82, 2.24) is 20.1 Å². The summed E-state index contributed by atoms with van der Waals surface area (Å²) in [5.41, 5.74) is 0.445. The molecule has 0 unspecified atom stereocenters. The lowest BCUT2D eigenvalue weighted by atomic mass is 9.65. The summed E-state index contributed by atoms with van der Waals surface area (Å²) in [6, 6.07) is 3.33. The van der Waals surface area contributed by atoms with E-state index < -0.39 is 12.7 Å². The Labute approximate surface area is 154 Å². The van der Waals surface area contributed by atoms with Gasteiger partial charge in [0.1, 0.15) is 23.7 Å². The van der Waals surface area contributed by atoms with E-state index in [-0.39, 0.29) is 35.4 Å². The van der Waals surface area contributed by atoms with E-state index in [2.05, 4.69) is 20.1 Å². The first-order chi connectivity index (χ1) is 12.8. The molecule has 1 aromatic carbocycles. The second kappa shape index (κ2) is 6.52. The maximum Gasteiger partial charge on any atom is 0.431 e. The van der Waals surface area contributed by atoms with Crippen LogP contribution in [0.1, 0.15) is 34.6 Å². The number of carboxylic acids is 1. The lowest BCUT2D eigenvalue weighted by molar-refractivity contribution is 0.0120. The van der Waals surface area contributed by atoms with Crippen molar-refractivity contribution in [2.45, 2.75) is 31.8 Å². The van der Waals surface area contributed by atoms with Crippen molar-refractivity contribution in [3.05, 3.63) is 35.4 Å². The zero-order valence-corrected chi connectivity index (χ0v) is 14.7. The molecule has 4 N–H and O–H groups in total. The fourth-order valence-corrected chi connectivity index (χ4v) is 3.64. The number of hydrogen-bond acceptors (Lipinski definition) is 8. The Hall–Kier alpha value is -2.63. The van der Waals surface area contributed by atoms with Gasteiger partial charge in [0.15, 0.2) is 5.82 Å². The van der Waals surface area contributed by atoms with Crippen molar-refractivity contribution in [3.63, 3.8) is 0 Å². The van der Waals surface area contributed by atoms with Gasteiger partial charge in [0.25, 0.3) is 0 Å². The van der Waals surface area contributed by atoms with Crippen LogP contribution in [-0.2, 0) is 6.54 Å². The summed E-state index contributed by atoms with van der Waals surface area (Å²) in [6.07, 6.45) is 1.35. The van der Waals surface area contributed by atoms with Crippen LogP contribution < -0.4 is 9.39 Å². The normalized spacial score (nSPS) is 21.8. The predicted octanol–water partition coefficient (Wildman–Crippen LogP) is 0.185. The van der Waals surface area contributed by atoms with Gasteiger partial charge < -0.3 is 24.5 Å². The number of nitrogens with one attached hydrogen (secondary N) is 1. The Balaban J connectivity index is 1.51. The zero-order chi connectivity index (χ0) is 19.2. The Morgan fingerprint density at radius 3 is 2.89 bits per heavy atom. The molecule has 0 spiro atoms. The summed E-state index contributed by atoms with van der Waals surface area (Å²) in [5, 5.41) is 36.2. The molecule has 2 aliphatic heterocycles. The molecule has 0 aliphatic carbocycles. The molecular formula is C16H20BN4O6-. The molecule has 0 saturated carbocycles. The number of ether oxygens (including phenoxy) is 1. The van der Waals surface area contributed by atoms with Gasteiger partial charge in [-0.3, -0.25) is 10.00 Å². The highest BCUT2D eigenvalue weighted by Gasteiger charge is 2.37. The Kier molecular flexibility index (Phi) is 4.29. The van der Waals surface area contributed by atoms with Crippen LogP contribution in [0.15, 0.2) is 18.5 Å². The van der Waals surface area contributed by atoms with Crippen molar-refractivity contribution in [2.24, 2.45) is 0 Å². The first-order valence-electron chi connectivity index (χ1n) is 8.75. The van der Waals surface area contributed by atoms with Crippen LogP contribution >= 0.6 is 0 Å². The molecule has 1 aromatic heterocycles. The van der Waals surface area contributed by atoms with Gasteiger partial charge in [-0.15, -0.1) is 0 Å². The van der Waals surface area contributed by atoms with Crippen LogP contribution in [0, 0.1) is 0 Å². The SMILES string of the molecule is C[C@H]1C[B-](O)(O)Oc2c1ccc(OC1CN(Cc3nc[nH]n3)C1)c2C(=O)O. The Bertz CT molecular complexity index is 853. The van der Waals surface area contributed by atoms with Gasteiger partial charge in [0, 0.05) is 13.1 Å². The summed E-state index contributed by atoms with van der Waals surface area (Å²) in [4.78, 5) is 18.0. The van der Waals surface area contributed by atoms with Crippen LogP contribution in [0.3, 0.4) is 0 Å². The number of fused-ring (bicyclic) bond motifs is 1. The molecule has 1 fully saturated rings. The minimum absolute atomic E-state index is 0.0189. The van der Waals surface area contributed by atoms with E-state index >= 15 is 0 Å². The largest absolute Gasteiger partial charge is 0.669 e. The molecule has 0 radical (unpaired) electrons. The van der Waals surface area contributed by atoms with Crippen LogP contribution in [0.25, 0.3) is 0 Å². The number of H-pyrrole nitrogens is 1. The molecule has 11 heteroatoms. The number of aromatic carboxylic acids is 1. The molecule has 0 bridgehead atoms. The third kappa shape index (κ3) is 3.48. The minimum Gasteiger partial charge on any atom is -0.669 e. The number of aromatic amines is 1. The summed E-state index contributed by atoms with van der Waals surface area (Å²) in [7, 11) is 0. The molecular weight excluding hydrogens is 355 g/mol. The van der Waals surface area contributed by atoms with E-state index in [1.54, 1.807) is 19.1 Å². The summed E-state index contributed by atoms with van der Waals surface area (Å²) < 4.78 is 11.1. The number of likely N-dealkylation sites (tertiary alicyclic amines) is 1. The number of benzene rings is 1. The highest BCUT2D eigenvalue weighted by atomic mass is 16.6. The molecule has 2 aromatic rings. The van der Waals surface area contributed by atoms with Crippen LogP contribution in [0.4, 0.5) is 0 Å².